The van der Waals surface area contributed by atoms with Crippen LogP contribution in [0.3, 0.4) is 0 Å². The summed E-state index contributed by atoms with van der Waals surface area (Å²) in [4.78, 5) is 0. The van der Waals surface area contributed by atoms with E-state index < -0.39 is 0 Å². The van der Waals surface area contributed by atoms with E-state index in [1.807, 2.05) is 6.07 Å². The van der Waals surface area contributed by atoms with Crippen LogP contribution >= 0.6 is 0 Å². The van der Waals surface area contributed by atoms with Crippen molar-refractivity contribution in [2.75, 3.05) is 13.7 Å². The molecule has 0 radical (unpaired) electrons. The molecule has 1 aliphatic carbocycles. The molecule has 0 amide bonds. The molecule has 0 atom stereocenters. The highest BCUT2D eigenvalue weighted by atomic mass is 16.5. The number of methoxy groups -OCH3 is 1. The lowest BCUT2D eigenvalue weighted by Gasteiger charge is -2.25. The van der Waals surface area contributed by atoms with Crippen molar-refractivity contribution in [3.63, 3.8) is 0 Å². The largest absolute Gasteiger partial charge is 0.468 e. The van der Waals surface area contributed by atoms with Gasteiger partial charge < -0.3 is 14.9 Å². The van der Waals surface area contributed by atoms with Crippen molar-refractivity contribution in [2.45, 2.75) is 37.7 Å². The second-order valence-corrected chi connectivity index (χ2v) is 4.40. The van der Waals surface area contributed by atoms with Gasteiger partial charge in [0.15, 0.2) is 0 Å². The van der Waals surface area contributed by atoms with Crippen molar-refractivity contribution >= 4 is 0 Å². The van der Waals surface area contributed by atoms with Crippen LogP contribution in [0, 0.1) is 0 Å². The summed E-state index contributed by atoms with van der Waals surface area (Å²) < 4.78 is 10.8. The van der Waals surface area contributed by atoms with E-state index in [-0.39, 0.29) is 5.41 Å². The van der Waals surface area contributed by atoms with Gasteiger partial charge in [0.1, 0.15) is 5.76 Å². The van der Waals surface area contributed by atoms with Gasteiger partial charge in [0.2, 0.25) is 0 Å². The van der Waals surface area contributed by atoms with Gasteiger partial charge in [-0.3, -0.25) is 0 Å². The van der Waals surface area contributed by atoms with Gasteiger partial charge in [0.25, 0.3) is 0 Å². The third kappa shape index (κ3) is 1.82. The molecule has 0 unspecified atom stereocenters. The van der Waals surface area contributed by atoms with Crippen LogP contribution in [0.2, 0.25) is 0 Å². The summed E-state index contributed by atoms with van der Waals surface area (Å²) >= 11 is 0. The van der Waals surface area contributed by atoms with Crippen LogP contribution in [0.25, 0.3) is 0 Å². The summed E-state index contributed by atoms with van der Waals surface area (Å²) in [5, 5.41) is 0. The summed E-state index contributed by atoms with van der Waals surface area (Å²) in [6.07, 6.45) is 6.55. The quantitative estimate of drug-likeness (QED) is 0.827. The Kier molecular flexibility index (Phi) is 3.12. The van der Waals surface area contributed by atoms with Crippen LogP contribution in [-0.4, -0.2) is 13.7 Å². The van der Waals surface area contributed by atoms with E-state index in [9.17, 15) is 0 Å². The average Bonchev–Trinajstić information content (AvgIpc) is 2.86. The predicted octanol–water partition coefficient (Wildman–Crippen LogP) is 2.20. The first-order chi connectivity index (χ1) is 7.32. The number of ether oxygens (including phenoxy) is 1. The Balaban J connectivity index is 2.29. The zero-order valence-electron chi connectivity index (χ0n) is 9.29. The van der Waals surface area contributed by atoms with Gasteiger partial charge in [-0.1, -0.05) is 12.8 Å². The van der Waals surface area contributed by atoms with Crippen molar-refractivity contribution in [3.8, 4) is 0 Å². The third-order valence-corrected chi connectivity index (χ3v) is 3.48. The molecule has 2 rings (SSSR count). The molecule has 0 bridgehead atoms. The van der Waals surface area contributed by atoms with Gasteiger partial charge in [0.05, 0.1) is 12.9 Å². The lowest BCUT2D eigenvalue weighted by molar-refractivity contribution is 0.180. The Morgan fingerprint density at radius 2 is 2.20 bits per heavy atom. The topological polar surface area (TPSA) is 48.4 Å². The highest BCUT2D eigenvalue weighted by Gasteiger charge is 2.38. The number of rotatable bonds is 4. The minimum atomic E-state index is 0.0807. The molecule has 2 N–H and O–H groups in total. The Labute approximate surface area is 90.6 Å². The van der Waals surface area contributed by atoms with E-state index in [0.717, 1.165) is 24.2 Å². The van der Waals surface area contributed by atoms with E-state index in [0.29, 0.717) is 13.2 Å². The summed E-state index contributed by atoms with van der Waals surface area (Å²) in [6, 6.07) is 1.99. The lowest BCUT2D eigenvalue weighted by atomic mass is 9.82. The Morgan fingerprint density at radius 3 is 2.80 bits per heavy atom. The molecule has 15 heavy (non-hydrogen) atoms. The van der Waals surface area contributed by atoms with Crippen LogP contribution < -0.4 is 5.73 Å². The minimum Gasteiger partial charge on any atom is -0.468 e. The maximum Gasteiger partial charge on any atom is 0.116 e. The zero-order valence-corrected chi connectivity index (χ0v) is 9.29. The highest BCUT2D eigenvalue weighted by Crippen LogP contribution is 2.42. The summed E-state index contributed by atoms with van der Waals surface area (Å²) in [5.74, 6) is 1.06. The molecule has 1 aromatic heterocycles. The molecule has 0 aliphatic heterocycles. The standard InChI is InChI=1S/C12H19NO2/c1-14-8-10-4-7-15-11(10)12(9-13)5-2-3-6-12/h4,7H,2-3,5-6,8-9,13H2,1H3. The van der Waals surface area contributed by atoms with Crippen LogP contribution in [0.15, 0.2) is 16.7 Å². The maximum absolute atomic E-state index is 5.92. The maximum atomic E-state index is 5.92. The molecule has 1 aliphatic rings. The molecule has 84 valence electrons. The van der Waals surface area contributed by atoms with Gasteiger partial charge in [0, 0.05) is 24.6 Å². The third-order valence-electron chi connectivity index (χ3n) is 3.48. The normalized spacial score (nSPS) is 19.6. The molecule has 3 heteroatoms. The SMILES string of the molecule is COCc1ccoc1C1(CN)CCCC1. The van der Waals surface area contributed by atoms with Gasteiger partial charge >= 0.3 is 0 Å². The van der Waals surface area contributed by atoms with E-state index in [4.69, 9.17) is 14.9 Å². The average molecular weight is 209 g/mol. The van der Waals surface area contributed by atoms with Crippen molar-refractivity contribution < 1.29 is 9.15 Å². The predicted molar refractivity (Wildman–Crippen MR) is 58.6 cm³/mol. The monoisotopic (exact) mass is 209 g/mol. The van der Waals surface area contributed by atoms with Gasteiger partial charge in [-0.2, -0.15) is 0 Å². The van der Waals surface area contributed by atoms with Crippen LogP contribution in [0.5, 0.6) is 0 Å². The molecule has 0 spiro atoms. The fraction of sp³-hybridized carbons (Fsp3) is 0.667. The minimum absolute atomic E-state index is 0.0807. The van der Waals surface area contributed by atoms with Crippen LogP contribution in [0.1, 0.15) is 37.0 Å². The molecule has 1 heterocycles. The molecular formula is C12H19NO2. The number of hydrogen-bond donors (Lipinski definition) is 1. The van der Waals surface area contributed by atoms with E-state index >= 15 is 0 Å². The van der Waals surface area contributed by atoms with Gasteiger partial charge in [-0.15, -0.1) is 0 Å². The first-order valence-electron chi connectivity index (χ1n) is 5.58. The molecule has 1 aromatic rings. The fourth-order valence-corrected chi connectivity index (χ4v) is 2.65. The molecule has 1 fully saturated rings. The fourth-order valence-electron chi connectivity index (χ4n) is 2.65. The second-order valence-electron chi connectivity index (χ2n) is 4.40. The molecule has 0 aromatic carbocycles. The second kappa shape index (κ2) is 4.37. The summed E-state index contributed by atoms with van der Waals surface area (Å²) in [5.41, 5.74) is 7.16. The smallest absolute Gasteiger partial charge is 0.116 e. The molecule has 1 saturated carbocycles. The first kappa shape index (κ1) is 10.7. The van der Waals surface area contributed by atoms with E-state index in [1.165, 1.54) is 12.8 Å². The summed E-state index contributed by atoms with van der Waals surface area (Å²) in [6.45, 7) is 1.30. The Bertz CT molecular complexity index is 313. The number of nitrogens with two attached hydrogens (primary N) is 1. The van der Waals surface area contributed by atoms with Gasteiger partial charge in [-0.25, -0.2) is 0 Å². The van der Waals surface area contributed by atoms with Gasteiger partial charge in [-0.05, 0) is 18.9 Å². The van der Waals surface area contributed by atoms with E-state index in [2.05, 4.69) is 0 Å². The zero-order chi connectivity index (χ0) is 10.7. The summed E-state index contributed by atoms with van der Waals surface area (Å²) in [7, 11) is 1.71. The Morgan fingerprint density at radius 1 is 1.47 bits per heavy atom. The lowest BCUT2D eigenvalue weighted by Crippen LogP contribution is -2.32. The first-order valence-corrected chi connectivity index (χ1v) is 5.58. The Hall–Kier alpha value is -0.800. The van der Waals surface area contributed by atoms with Crippen molar-refractivity contribution in [1.29, 1.82) is 0 Å². The van der Waals surface area contributed by atoms with Crippen LogP contribution in [-0.2, 0) is 16.8 Å². The molecule has 3 nitrogen and oxygen atoms in total. The molecule has 0 saturated heterocycles. The van der Waals surface area contributed by atoms with Crippen LogP contribution in [0.4, 0.5) is 0 Å². The highest BCUT2D eigenvalue weighted by molar-refractivity contribution is 5.26. The molecular weight excluding hydrogens is 190 g/mol. The van der Waals surface area contributed by atoms with Crippen molar-refractivity contribution in [2.24, 2.45) is 5.73 Å². The number of furan rings is 1. The van der Waals surface area contributed by atoms with Crippen molar-refractivity contribution in [3.05, 3.63) is 23.7 Å². The van der Waals surface area contributed by atoms with Crippen molar-refractivity contribution in [1.82, 2.24) is 0 Å². The van der Waals surface area contributed by atoms with E-state index in [1.54, 1.807) is 13.4 Å². The number of hydrogen-bond acceptors (Lipinski definition) is 3.